The lowest BCUT2D eigenvalue weighted by Crippen LogP contribution is -1.90. The van der Waals surface area contributed by atoms with Gasteiger partial charge in [-0.2, -0.15) is 0 Å². The first-order valence-corrected chi connectivity index (χ1v) is 5.96. The van der Waals surface area contributed by atoms with Gasteiger partial charge in [0.25, 0.3) is 0 Å². The van der Waals surface area contributed by atoms with Crippen LogP contribution in [0, 0.1) is 0 Å². The summed E-state index contributed by atoms with van der Waals surface area (Å²) in [6.45, 7) is 4.18. The van der Waals surface area contributed by atoms with Crippen LogP contribution >= 0.6 is 0 Å². The molecule has 0 spiro atoms. The summed E-state index contributed by atoms with van der Waals surface area (Å²) >= 11 is 0. The van der Waals surface area contributed by atoms with Gasteiger partial charge in [0.05, 0.1) is 22.4 Å². The maximum absolute atomic E-state index is 4.63. The Kier molecular flexibility index (Phi) is 2.25. The van der Waals surface area contributed by atoms with Crippen LogP contribution in [-0.2, 0) is 6.42 Å². The second-order valence-electron chi connectivity index (χ2n) is 4.10. The molecule has 0 aliphatic carbocycles. The van der Waals surface area contributed by atoms with Crippen LogP contribution in [-0.4, -0.2) is 14.4 Å². The predicted octanol–water partition coefficient (Wildman–Crippen LogP) is 3.41. The van der Waals surface area contributed by atoms with Gasteiger partial charge in [-0.3, -0.25) is 4.40 Å². The second-order valence-corrected chi connectivity index (χ2v) is 4.10. The molecule has 3 nitrogen and oxygen atoms in total. The number of fused-ring (bicyclic) bond motifs is 3. The number of aromatic amines is 1. The largest absolute Gasteiger partial charge is 0.323 e. The van der Waals surface area contributed by atoms with Gasteiger partial charge in [0.1, 0.15) is 0 Å². The van der Waals surface area contributed by atoms with E-state index in [2.05, 4.69) is 45.6 Å². The Balaban J connectivity index is 2.44. The quantitative estimate of drug-likeness (QED) is 0.712. The zero-order valence-electron chi connectivity index (χ0n) is 10.1. The second kappa shape index (κ2) is 3.77. The van der Waals surface area contributed by atoms with Crippen molar-refractivity contribution in [2.45, 2.75) is 20.3 Å². The molecule has 0 radical (unpaired) electrons. The van der Waals surface area contributed by atoms with Gasteiger partial charge in [-0.05, 0) is 31.6 Å². The van der Waals surface area contributed by atoms with Gasteiger partial charge in [0.2, 0.25) is 5.78 Å². The van der Waals surface area contributed by atoms with Gasteiger partial charge in [0, 0.05) is 0 Å². The van der Waals surface area contributed by atoms with Crippen LogP contribution < -0.4 is 0 Å². The molecule has 86 valence electrons. The first kappa shape index (κ1) is 10.1. The summed E-state index contributed by atoms with van der Waals surface area (Å²) in [6.07, 6.45) is 5.07. The van der Waals surface area contributed by atoms with Gasteiger partial charge in [-0.15, -0.1) is 0 Å². The van der Waals surface area contributed by atoms with Gasteiger partial charge in [-0.1, -0.05) is 25.1 Å². The molecule has 0 saturated carbocycles. The third-order valence-corrected chi connectivity index (χ3v) is 3.05. The summed E-state index contributed by atoms with van der Waals surface area (Å²) in [5.74, 6) is 0.927. The summed E-state index contributed by atoms with van der Waals surface area (Å²) in [7, 11) is 0. The van der Waals surface area contributed by atoms with Gasteiger partial charge in [-0.25, -0.2) is 4.98 Å². The molecular formula is C14H15N3. The number of aryl methyl sites for hydroxylation is 1. The topological polar surface area (TPSA) is 33.1 Å². The van der Waals surface area contributed by atoms with Crippen molar-refractivity contribution in [2.24, 2.45) is 0 Å². The highest BCUT2D eigenvalue weighted by Gasteiger charge is 2.12. The van der Waals surface area contributed by atoms with E-state index >= 15 is 0 Å². The molecule has 0 fully saturated rings. The van der Waals surface area contributed by atoms with Gasteiger partial charge in [0.15, 0.2) is 0 Å². The average molecular weight is 225 g/mol. The number of imidazole rings is 2. The Morgan fingerprint density at radius 2 is 2.18 bits per heavy atom. The van der Waals surface area contributed by atoms with E-state index in [0.717, 1.165) is 23.4 Å². The molecular weight excluding hydrogens is 210 g/mol. The number of para-hydroxylation sites is 2. The number of benzene rings is 1. The molecule has 0 unspecified atom stereocenters. The van der Waals surface area contributed by atoms with E-state index in [1.165, 1.54) is 11.2 Å². The van der Waals surface area contributed by atoms with E-state index in [9.17, 15) is 0 Å². The van der Waals surface area contributed by atoms with Crippen LogP contribution in [0.2, 0.25) is 0 Å². The average Bonchev–Trinajstić information content (AvgIpc) is 2.84. The van der Waals surface area contributed by atoms with E-state index in [0.29, 0.717) is 0 Å². The van der Waals surface area contributed by atoms with Crippen LogP contribution in [0.3, 0.4) is 0 Å². The number of aromatic nitrogens is 3. The first-order chi connectivity index (χ1) is 8.35. The van der Waals surface area contributed by atoms with Gasteiger partial charge < -0.3 is 4.98 Å². The zero-order valence-corrected chi connectivity index (χ0v) is 10.1. The van der Waals surface area contributed by atoms with Crippen LogP contribution in [0.25, 0.3) is 22.9 Å². The monoisotopic (exact) mass is 225 g/mol. The Labute approximate surface area is 99.8 Å². The summed E-state index contributed by atoms with van der Waals surface area (Å²) in [5, 5.41) is 0. The lowest BCUT2D eigenvalue weighted by molar-refractivity contribution is 1.02. The van der Waals surface area contributed by atoms with Gasteiger partial charge >= 0.3 is 0 Å². The lowest BCUT2D eigenvalue weighted by Gasteiger charge is -1.98. The van der Waals surface area contributed by atoms with E-state index in [1.807, 2.05) is 19.1 Å². The van der Waals surface area contributed by atoms with Crippen molar-refractivity contribution in [1.29, 1.82) is 0 Å². The highest BCUT2D eigenvalue weighted by atomic mass is 15.1. The summed E-state index contributed by atoms with van der Waals surface area (Å²) in [4.78, 5) is 7.98. The van der Waals surface area contributed by atoms with E-state index < -0.39 is 0 Å². The Morgan fingerprint density at radius 1 is 1.35 bits per heavy atom. The standard InChI is InChI=1S/C14H15N3/c1-3-7-10-12(4-2)17-13-9-6-5-8-11(13)16-14(17)15-10/h3,5-9H,4H2,1-2H3,(H,15,16)/b7-3-. The third kappa shape index (κ3) is 1.39. The van der Waals surface area contributed by atoms with E-state index in [-0.39, 0.29) is 0 Å². The molecule has 0 saturated heterocycles. The Bertz CT molecular complexity index is 701. The molecule has 0 aliphatic heterocycles. The molecule has 0 atom stereocenters. The summed E-state index contributed by atoms with van der Waals surface area (Å²) < 4.78 is 2.21. The third-order valence-electron chi connectivity index (χ3n) is 3.05. The molecule has 3 heteroatoms. The minimum Gasteiger partial charge on any atom is -0.323 e. The maximum Gasteiger partial charge on any atom is 0.212 e. The molecule has 17 heavy (non-hydrogen) atoms. The Morgan fingerprint density at radius 3 is 2.94 bits per heavy atom. The van der Waals surface area contributed by atoms with Crippen molar-refractivity contribution in [3.63, 3.8) is 0 Å². The number of rotatable bonds is 2. The van der Waals surface area contributed by atoms with Crippen LogP contribution in [0.1, 0.15) is 25.2 Å². The Hall–Kier alpha value is -2.03. The molecule has 3 rings (SSSR count). The van der Waals surface area contributed by atoms with E-state index in [4.69, 9.17) is 0 Å². The molecule has 1 aromatic carbocycles. The minimum atomic E-state index is 0.927. The molecule has 0 amide bonds. The number of hydrogen-bond acceptors (Lipinski definition) is 1. The molecule has 2 aromatic heterocycles. The van der Waals surface area contributed by atoms with Crippen LogP contribution in [0.15, 0.2) is 30.3 Å². The minimum absolute atomic E-state index is 0.927. The van der Waals surface area contributed by atoms with E-state index in [1.54, 1.807) is 0 Å². The van der Waals surface area contributed by atoms with Crippen LogP contribution in [0.5, 0.6) is 0 Å². The van der Waals surface area contributed by atoms with Crippen molar-refractivity contribution in [3.05, 3.63) is 41.7 Å². The number of allylic oxidation sites excluding steroid dienone is 1. The number of nitrogens with zero attached hydrogens (tertiary/aromatic N) is 2. The van der Waals surface area contributed by atoms with Crippen molar-refractivity contribution < 1.29 is 0 Å². The maximum atomic E-state index is 4.63. The van der Waals surface area contributed by atoms with Crippen molar-refractivity contribution >= 4 is 22.9 Å². The van der Waals surface area contributed by atoms with Crippen LogP contribution in [0.4, 0.5) is 0 Å². The molecule has 1 N–H and O–H groups in total. The first-order valence-electron chi connectivity index (χ1n) is 5.96. The number of hydrogen-bond donors (Lipinski definition) is 1. The fraction of sp³-hybridized carbons (Fsp3) is 0.214. The molecule has 3 aromatic rings. The zero-order chi connectivity index (χ0) is 11.8. The summed E-state index contributed by atoms with van der Waals surface area (Å²) in [6, 6.07) is 8.30. The van der Waals surface area contributed by atoms with Crippen molar-refractivity contribution in [1.82, 2.24) is 14.4 Å². The van der Waals surface area contributed by atoms with Crippen molar-refractivity contribution in [2.75, 3.05) is 0 Å². The highest BCUT2D eigenvalue weighted by Crippen LogP contribution is 2.21. The smallest absolute Gasteiger partial charge is 0.212 e. The molecule has 2 heterocycles. The molecule has 0 bridgehead atoms. The normalized spacial score (nSPS) is 12.1. The number of H-pyrrole nitrogens is 1. The lowest BCUT2D eigenvalue weighted by atomic mass is 10.2. The number of nitrogens with one attached hydrogen (secondary N) is 1. The fourth-order valence-corrected chi connectivity index (χ4v) is 2.34. The highest BCUT2D eigenvalue weighted by molar-refractivity contribution is 5.80. The summed E-state index contributed by atoms with van der Waals surface area (Å²) in [5.41, 5.74) is 4.65. The van der Waals surface area contributed by atoms with Crippen molar-refractivity contribution in [3.8, 4) is 0 Å². The molecule has 0 aliphatic rings. The predicted molar refractivity (Wildman–Crippen MR) is 71.1 cm³/mol. The SMILES string of the molecule is C/C=C\c1nc2[nH]c3ccccc3n2c1CC. The fourth-order valence-electron chi connectivity index (χ4n) is 2.34.